The van der Waals surface area contributed by atoms with E-state index in [1.54, 1.807) is 19.2 Å². The summed E-state index contributed by atoms with van der Waals surface area (Å²) in [6, 6.07) is 10.5. The van der Waals surface area contributed by atoms with E-state index >= 15 is 0 Å². The second-order valence-corrected chi connectivity index (χ2v) is 5.46. The van der Waals surface area contributed by atoms with Crippen LogP contribution in [0.3, 0.4) is 0 Å². The zero-order chi connectivity index (χ0) is 19.0. The van der Waals surface area contributed by atoms with Gasteiger partial charge in [-0.05, 0) is 24.1 Å². The summed E-state index contributed by atoms with van der Waals surface area (Å²) in [5.41, 5.74) is 1.28. The number of nitrogens with zero attached hydrogens (tertiary/aromatic N) is 1. The number of nitrogens with one attached hydrogen (secondary N) is 1. The molecule has 0 fully saturated rings. The standard InChI is InChI=1S/C18H19F3N2O3/c1-25-15-7-3-2-5-13(15)8-9-16(24)23-11-14-6-4-10-22-17(14)26-12-18(19,20)21/h2-7,10H,8-9,11-12H2,1H3,(H,23,24). The minimum Gasteiger partial charge on any atom is -0.496 e. The van der Waals surface area contributed by atoms with Crippen molar-refractivity contribution in [3.63, 3.8) is 0 Å². The summed E-state index contributed by atoms with van der Waals surface area (Å²) < 4.78 is 46.8. The lowest BCUT2D eigenvalue weighted by atomic mass is 10.1. The number of carbonyl (C=O) groups excluding carboxylic acids is 1. The average molecular weight is 368 g/mol. The molecule has 2 rings (SSSR count). The zero-order valence-electron chi connectivity index (χ0n) is 14.2. The minimum absolute atomic E-state index is 0.0335. The molecule has 0 aliphatic heterocycles. The Morgan fingerprint density at radius 1 is 1.15 bits per heavy atom. The molecule has 0 radical (unpaired) electrons. The summed E-state index contributed by atoms with van der Waals surface area (Å²) in [5.74, 6) is 0.326. The number of carbonyl (C=O) groups is 1. The van der Waals surface area contributed by atoms with Crippen LogP contribution in [0.2, 0.25) is 0 Å². The Labute approximate surface area is 149 Å². The Kier molecular flexibility index (Phi) is 6.82. The predicted molar refractivity (Wildman–Crippen MR) is 88.9 cm³/mol. The number of pyridine rings is 1. The van der Waals surface area contributed by atoms with Crippen molar-refractivity contribution in [2.24, 2.45) is 0 Å². The van der Waals surface area contributed by atoms with Gasteiger partial charge in [0.25, 0.3) is 0 Å². The van der Waals surface area contributed by atoms with E-state index in [-0.39, 0.29) is 24.8 Å². The van der Waals surface area contributed by atoms with Crippen LogP contribution in [-0.4, -0.2) is 30.8 Å². The maximum Gasteiger partial charge on any atom is 0.422 e. The molecule has 0 saturated carbocycles. The monoisotopic (exact) mass is 368 g/mol. The zero-order valence-corrected chi connectivity index (χ0v) is 14.2. The molecule has 8 heteroatoms. The quantitative estimate of drug-likeness (QED) is 0.777. The van der Waals surface area contributed by atoms with E-state index < -0.39 is 12.8 Å². The van der Waals surface area contributed by atoms with Crippen molar-refractivity contribution in [1.82, 2.24) is 10.3 Å². The molecule has 5 nitrogen and oxygen atoms in total. The second kappa shape index (κ2) is 9.07. The van der Waals surface area contributed by atoms with Crippen molar-refractivity contribution in [2.75, 3.05) is 13.7 Å². The molecule has 2 aromatic rings. The number of para-hydroxylation sites is 1. The molecule has 0 aliphatic rings. The van der Waals surface area contributed by atoms with Gasteiger partial charge in [-0.2, -0.15) is 13.2 Å². The van der Waals surface area contributed by atoms with E-state index in [9.17, 15) is 18.0 Å². The van der Waals surface area contributed by atoms with Gasteiger partial charge in [0.15, 0.2) is 6.61 Å². The van der Waals surface area contributed by atoms with Crippen LogP contribution in [0.5, 0.6) is 11.6 Å². The van der Waals surface area contributed by atoms with Gasteiger partial charge in [0.05, 0.1) is 7.11 Å². The Bertz CT molecular complexity index is 736. The SMILES string of the molecule is COc1ccccc1CCC(=O)NCc1cccnc1OCC(F)(F)F. The predicted octanol–water partition coefficient (Wildman–Crippen LogP) is 3.28. The van der Waals surface area contributed by atoms with Crippen LogP contribution in [0.25, 0.3) is 0 Å². The highest BCUT2D eigenvalue weighted by atomic mass is 19.4. The largest absolute Gasteiger partial charge is 0.496 e. The summed E-state index contributed by atoms with van der Waals surface area (Å²) in [6.07, 6.45) is -2.41. The van der Waals surface area contributed by atoms with Gasteiger partial charge in [-0.15, -0.1) is 0 Å². The normalized spacial score (nSPS) is 11.1. The van der Waals surface area contributed by atoms with Crippen molar-refractivity contribution in [3.8, 4) is 11.6 Å². The Morgan fingerprint density at radius 3 is 2.62 bits per heavy atom. The first-order valence-corrected chi connectivity index (χ1v) is 7.91. The van der Waals surface area contributed by atoms with Gasteiger partial charge in [-0.1, -0.05) is 24.3 Å². The van der Waals surface area contributed by atoms with Crippen LogP contribution in [0, 0.1) is 0 Å². The molecule has 140 valence electrons. The lowest BCUT2D eigenvalue weighted by Gasteiger charge is -2.12. The number of rotatable bonds is 8. The van der Waals surface area contributed by atoms with Gasteiger partial charge in [0.1, 0.15) is 5.75 Å². The molecule has 1 aromatic heterocycles. The molecule has 1 heterocycles. The van der Waals surface area contributed by atoms with Gasteiger partial charge in [0.2, 0.25) is 11.8 Å². The van der Waals surface area contributed by atoms with E-state index in [0.29, 0.717) is 17.7 Å². The first-order valence-electron chi connectivity index (χ1n) is 7.91. The lowest BCUT2D eigenvalue weighted by molar-refractivity contribution is -0.154. The van der Waals surface area contributed by atoms with Crippen LogP contribution in [0.1, 0.15) is 17.5 Å². The summed E-state index contributed by atoms with van der Waals surface area (Å²) in [7, 11) is 1.56. The minimum atomic E-state index is -4.45. The first-order chi connectivity index (χ1) is 12.4. The van der Waals surface area contributed by atoms with E-state index in [4.69, 9.17) is 4.74 Å². The molecule has 0 unspecified atom stereocenters. The molecule has 1 amide bonds. The fourth-order valence-corrected chi connectivity index (χ4v) is 2.28. The maximum atomic E-state index is 12.3. The number of amides is 1. The van der Waals surface area contributed by atoms with Crippen LogP contribution < -0.4 is 14.8 Å². The molecule has 0 bridgehead atoms. The maximum absolute atomic E-state index is 12.3. The van der Waals surface area contributed by atoms with Crippen molar-refractivity contribution in [3.05, 3.63) is 53.7 Å². The highest BCUT2D eigenvalue weighted by molar-refractivity contribution is 5.76. The van der Waals surface area contributed by atoms with E-state index in [2.05, 4.69) is 15.0 Å². The molecule has 1 aromatic carbocycles. The number of hydrogen-bond donors (Lipinski definition) is 1. The molecule has 0 atom stereocenters. The van der Waals surface area contributed by atoms with Crippen molar-refractivity contribution in [1.29, 1.82) is 0 Å². The average Bonchev–Trinajstić information content (AvgIpc) is 2.63. The number of hydrogen-bond acceptors (Lipinski definition) is 4. The molecular weight excluding hydrogens is 349 g/mol. The molecule has 0 aliphatic carbocycles. The fraction of sp³-hybridized carbons (Fsp3) is 0.333. The van der Waals surface area contributed by atoms with E-state index in [1.165, 1.54) is 6.20 Å². The van der Waals surface area contributed by atoms with E-state index in [1.807, 2.05) is 24.3 Å². The molecule has 26 heavy (non-hydrogen) atoms. The molecular formula is C18H19F3N2O3. The smallest absolute Gasteiger partial charge is 0.422 e. The van der Waals surface area contributed by atoms with Gasteiger partial charge in [-0.25, -0.2) is 4.98 Å². The lowest BCUT2D eigenvalue weighted by Crippen LogP contribution is -2.24. The number of halogens is 3. The molecule has 1 N–H and O–H groups in total. The number of aromatic nitrogens is 1. The highest BCUT2D eigenvalue weighted by Gasteiger charge is 2.29. The van der Waals surface area contributed by atoms with Crippen molar-refractivity contribution >= 4 is 5.91 Å². The number of ether oxygens (including phenoxy) is 2. The number of methoxy groups -OCH3 is 1. The third-order valence-corrected chi connectivity index (χ3v) is 3.51. The van der Waals surface area contributed by atoms with Crippen LogP contribution in [0.15, 0.2) is 42.6 Å². The first kappa shape index (κ1) is 19.6. The van der Waals surface area contributed by atoms with Gasteiger partial charge in [0, 0.05) is 24.7 Å². The second-order valence-electron chi connectivity index (χ2n) is 5.46. The highest BCUT2D eigenvalue weighted by Crippen LogP contribution is 2.20. The third-order valence-electron chi connectivity index (χ3n) is 3.51. The van der Waals surface area contributed by atoms with Crippen LogP contribution in [-0.2, 0) is 17.8 Å². The fourth-order valence-electron chi connectivity index (χ4n) is 2.28. The summed E-state index contributed by atoms with van der Waals surface area (Å²) in [6.45, 7) is -1.40. The summed E-state index contributed by atoms with van der Waals surface area (Å²) in [5, 5.41) is 2.66. The Balaban J connectivity index is 1.87. The molecule has 0 saturated heterocycles. The Hall–Kier alpha value is -2.77. The van der Waals surface area contributed by atoms with Crippen LogP contribution in [0.4, 0.5) is 13.2 Å². The number of benzene rings is 1. The van der Waals surface area contributed by atoms with Gasteiger partial charge in [-0.3, -0.25) is 4.79 Å². The van der Waals surface area contributed by atoms with Gasteiger partial charge >= 0.3 is 6.18 Å². The topological polar surface area (TPSA) is 60.5 Å². The Morgan fingerprint density at radius 2 is 1.88 bits per heavy atom. The number of aryl methyl sites for hydroxylation is 1. The summed E-state index contributed by atoms with van der Waals surface area (Å²) >= 11 is 0. The summed E-state index contributed by atoms with van der Waals surface area (Å²) in [4.78, 5) is 15.8. The van der Waals surface area contributed by atoms with Crippen molar-refractivity contribution in [2.45, 2.75) is 25.6 Å². The van der Waals surface area contributed by atoms with Gasteiger partial charge < -0.3 is 14.8 Å². The number of alkyl halides is 3. The third kappa shape index (κ3) is 6.27. The van der Waals surface area contributed by atoms with E-state index in [0.717, 1.165) is 5.56 Å². The molecule has 0 spiro atoms. The van der Waals surface area contributed by atoms with Crippen LogP contribution >= 0.6 is 0 Å². The van der Waals surface area contributed by atoms with Crippen molar-refractivity contribution < 1.29 is 27.4 Å².